The molecule has 1 heterocycles. The molecule has 1 saturated heterocycles. The molecule has 1 aromatic carbocycles. The molecule has 6 nitrogen and oxygen atoms in total. The molecule has 0 spiro atoms. The summed E-state index contributed by atoms with van der Waals surface area (Å²) in [5, 5.41) is 0. The maximum atomic E-state index is 12.8. The van der Waals surface area contributed by atoms with E-state index in [2.05, 4.69) is 12.2 Å². The predicted molar refractivity (Wildman–Crippen MR) is 88.9 cm³/mol. The zero-order valence-corrected chi connectivity index (χ0v) is 13.9. The van der Waals surface area contributed by atoms with Crippen molar-refractivity contribution >= 4 is 24.1 Å². The molecule has 1 aliphatic heterocycles. The van der Waals surface area contributed by atoms with Gasteiger partial charge in [0.15, 0.2) is 0 Å². The van der Waals surface area contributed by atoms with Crippen LogP contribution in [0.4, 0.5) is 0 Å². The molecule has 0 radical (unpaired) electrons. The highest BCUT2D eigenvalue weighted by molar-refractivity contribution is 6.08. The first-order valence-electron chi connectivity index (χ1n) is 8.88. The number of allylic oxidation sites excluding steroid dienone is 2. The molecule has 0 aromatic heterocycles. The molecule has 6 rings (SSSR count). The Labute approximate surface area is 149 Å². The van der Waals surface area contributed by atoms with Crippen LogP contribution in [0.3, 0.4) is 0 Å². The number of ether oxygens (including phenoxy) is 1. The van der Waals surface area contributed by atoms with Gasteiger partial charge in [-0.25, -0.2) is 4.79 Å². The van der Waals surface area contributed by atoms with Crippen LogP contribution in [0.1, 0.15) is 16.8 Å². The van der Waals surface area contributed by atoms with E-state index in [1.165, 1.54) is 24.3 Å². The normalized spacial score (nSPS) is 35.9. The van der Waals surface area contributed by atoms with Gasteiger partial charge in [-0.1, -0.05) is 12.2 Å². The Bertz CT molecular complexity index is 821. The van der Waals surface area contributed by atoms with Gasteiger partial charge in [-0.3, -0.25) is 19.3 Å². The molecule has 26 heavy (non-hydrogen) atoms. The molecular weight excluding hydrogens is 334 g/mol. The van der Waals surface area contributed by atoms with E-state index in [1.807, 2.05) is 0 Å². The van der Waals surface area contributed by atoms with Crippen molar-refractivity contribution in [3.63, 3.8) is 0 Å². The number of amides is 2. The molecule has 2 saturated carbocycles. The van der Waals surface area contributed by atoms with Crippen LogP contribution in [0.15, 0.2) is 36.4 Å². The van der Waals surface area contributed by atoms with Gasteiger partial charge >= 0.3 is 5.97 Å². The lowest BCUT2D eigenvalue weighted by Crippen LogP contribution is -2.40. The van der Waals surface area contributed by atoms with Crippen LogP contribution in [-0.2, 0) is 14.4 Å². The monoisotopic (exact) mass is 351 g/mol. The van der Waals surface area contributed by atoms with Gasteiger partial charge in [-0.05, 0) is 54.4 Å². The largest absolute Gasteiger partial charge is 0.425 e. The Morgan fingerprint density at radius 3 is 2.15 bits per heavy atom. The van der Waals surface area contributed by atoms with Crippen LogP contribution in [0, 0.1) is 35.5 Å². The Balaban J connectivity index is 1.30. The minimum Gasteiger partial charge on any atom is -0.425 e. The fraction of sp³-hybridized carbons (Fsp3) is 0.400. The first kappa shape index (κ1) is 15.5. The summed E-state index contributed by atoms with van der Waals surface area (Å²) in [6, 6.07) is 6.08. The van der Waals surface area contributed by atoms with Gasteiger partial charge in [-0.2, -0.15) is 0 Å². The zero-order valence-electron chi connectivity index (χ0n) is 13.9. The van der Waals surface area contributed by atoms with E-state index in [1.54, 1.807) is 0 Å². The number of hydrogen-bond donors (Lipinski definition) is 0. The van der Waals surface area contributed by atoms with Gasteiger partial charge in [0.2, 0.25) is 11.8 Å². The van der Waals surface area contributed by atoms with Crippen molar-refractivity contribution in [3.05, 3.63) is 42.0 Å². The van der Waals surface area contributed by atoms with Crippen molar-refractivity contribution in [3.8, 4) is 5.75 Å². The highest BCUT2D eigenvalue weighted by Gasteiger charge is 2.67. The molecule has 0 N–H and O–H groups in total. The van der Waals surface area contributed by atoms with Gasteiger partial charge in [0.1, 0.15) is 18.6 Å². The summed E-state index contributed by atoms with van der Waals surface area (Å²) < 4.78 is 5.21. The molecule has 2 amide bonds. The van der Waals surface area contributed by atoms with Crippen LogP contribution < -0.4 is 4.74 Å². The maximum Gasteiger partial charge on any atom is 0.331 e. The van der Waals surface area contributed by atoms with E-state index in [0.717, 1.165) is 11.3 Å². The molecule has 1 aromatic rings. The summed E-state index contributed by atoms with van der Waals surface area (Å²) in [5.74, 6) is -0.114. The second-order valence-corrected chi connectivity index (χ2v) is 7.58. The number of hydrogen-bond acceptors (Lipinski definition) is 5. The number of carbonyl (C=O) groups excluding carboxylic acids is 4. The van der Waals surface area contributed by atoms with Crippen molar-refractivity contribution in [1.29, 1.82) is 0 Å². The first-order valence-corrected chi connectivity index (χ1v) is 8.88. The molecule has 2 bridgehead atoms. The lowest BCUT2D eigenvalue weighted by atomic mass is 9.63. The minimum absolute atomic E-state index is 0.142. The molecule has 6 atom stereocenters. The zero-order chi connectivity index (χ0) is 18.0. The molecular formula is C20H17NO5. The number of imide groups is 1. The molecule has 6 heteroatoms. The summed E-state index contributed by atoms with van der Waals surface area (Å²) in [5.41, 5.74) is 0.473. The average Bonchev–Trinajstić information content (AvgIpc) is 3.43. The van der Waals surface area contributed by atoms with Crippen LogP contribution in [0.2, 0.25) is 0 Å². The molecule has 4 aliphatic carbocycles. The number of likely N-dealkylation sites (tertiary alicyclic amines) is 1. The van der Waals surface area contributed by atoms with Gasteiger partial charge in [-0.15, -0.1) is 0 Å². The van der Waals surface area contributed by atoms with Gasteiger partial charge in [0.05, 0.1) is 11.8 Å². The molecule has 0 unspecified atom stereocenters. The third-order valence-electron chi connectivity index (χ3n) is 6.29. The number of esters is 1. The van der Waals surface area contributed by atoms with Crippen LogP contribution in [-0.4, -0.2) is 35.5 Å². The van der Waals surface area contributed by atoms with Crippen molar-refractivity contribution in [2.45, 2.75) is 6.42 Å². The second-order valence-electron chi connectivity index (χ2n) is 7.58. The number of benzene rings is 1. The van der Waals surface area contributed by atoms with E-state index in [-0.39, 0.29) is 47.8 Å². The van der Waals surface area contributed by atoms with E-state index in [0.29, 0.717) is 23.7 Å². The summed E-state index contributed by atoms with van der Waals surface area (Å²) in [6.07, 6.45) is 6.00. The highest BCUT2D eigenvalue weighted by Crippen LogP contribution is 2.65. The molecule has 3 fully saturated rings. The van der Waals surface area contributed by atoms with Gasteiger partial charge < -0.3 is 4.74 Å². The van der Waals surface area contributed by atoms with E-state index >= 15 is 0 Å². The second kappa shape index (κ2) is 5.37. The Morgan fingerprint density at radius 2 is 1.62 bits per heavy atom. The van der Waals surface area contributed by atoms with Crippen molar-refractivity contribution in [1.82, 2.24) is 4.90 Å². The third kappa shape index (κ3) is 2.11. The van der Waals surface area contributed by atoms with Crippen molar-refractivity contribution in [2.75, 3.05) is 6.54 Å². The Hall–Kier alpha value is -2.76. The lowest BCUT2D eigenvalue weighted by molar-refractivity contribution is -0.148. The number of nitrogens with zero attached hydrogens (tertiary/aromatic N) is 1. The summed E-state index contributed by atoms with van der Waals surface area (Å²) in [4.78, 5) is 49.6. The Morgan fingerprint density at radius 1 is 1.04 bits per heavy atom. The minimum atomic E-state index is -0.658. The van der Waals surface area contributed by atoms with Crippen LogP contribution in [0.5, 0.6) is 5.75 Å². The van der Waals surface area contributed by atoms with Crippen molar-refractivity contribution < 1.29 is 23.9 Å². The van der Waals surface area contributed by atoms with Gasteiger partial charge in [0.25, 0.3) is 0 Å². The fourth-order valence-electron chi connectivity index (χ4n) is 5.08. The summed E-state index contributed by atoms with van der Waals surface area (Å²) in [6.45, 7) is -0.366. The predicted octanol–water partition coefficient (Wildman–Crippen LogP) is 1.46. The lowest BCUT2D eigenvalue weighted by Gasteiger charge is -2.37. The highest BCUT2D eigenvalue weighted by atomic mass is 16.5. The third-order valence-corrected chi connectivity index (χ3v) is 6.29. The van der Waals surface area contributed by atoms with E-state index in [9.17, 15) is 19.2 Å². The molecule has 132 valence electrons. The van der Waals surface area contributed by atoms with Gasteiger partial charge in [0, 0.05) is 5.56 Å². The van der Waals surface area contributed by atoms with Crippen molar-refractivity contribution in [2.24, 2.45) is 35.5 Å². The SMILES string of the molecule is O=Cc1ccc(OC(=O)CN2C(=O)[C@@H]3[C@H]4C=C[C@@H]([C@@H]5C[C@@H]45)[C@H]3C2=O)cc1. The molecule has 5 aliphatic rings. The van der Waals surface area contributed by atoms with Crippen LogP contribution >= 0.6 is 0 Å². The standard InChI is InChI=1S/C20H17NO5/c22-9-10-1-3-11(4-2-10)26-16(23)8-21-19(24)17-12-5-6-13(15-7-14(12)15)18(17)20(21)25/h1-6,9,12-15,17-18H,7-8H2/t12-,13-,14-,15-,17+,18+/m0/s1. The maximum absolute atomic E-state index is 12.8. The quantitative estimate of drug-likeness (QED) is 0.270. The number of aldehydes is 1. The van der Waals surface area contributed by atoms with Crippen LogP contribution in [0.25, 0.3) is 0 Å². The first-order chi connectivity index (χ1) is 12.6. The average molecular weight is 351 g/mol. The summed E-state index contributed by atoms with van der Waals surface area (Å²) in [7, 11) is 0. The fourth-order valence-corrected chi connectivity index (χ4v) is 5.08. The topological polar surface area (TPSA) is 80.8 Å². The number of carbonyl (C=O) groups is 4. The van der Waals surface area contributed by atoms with E-state index in [4.69, 9.17) is 4.74 Å². The van der Waals surface area contributed by atoms with E-state index < -0.39 is 5.97 Å². The number of rotatable bonds is 4. The summed E-state index contributed by atoms with van der Waals surface area (Å²) >= 11 is 0. The smallest absolute Gasteiger partial charge is 0.331 e. The Kier molecular flexibility index (Phi) is 3.20.